The second kappa shape index (κ2) is 5.65. The molecule has 0 N–H and O–H groups in total. The predicted molar refractivity (Wildman–Crippen MR) is 44.3 cm³/mol. The van der Waals surface area contributed by atoms with E-state index in [1.54, 1.807) is 0 Å². The van der Waals surface area contributed by atoms with Crippen LogP contribution in [0.3, 0.4) is 0 Å². The number of ether oxygens (including phenoxy) is 2. The van der Waals surface area contributed by atoms with Gasteiger partial charge in [0.1, 0.15) is 13.3 Å². The summed E-state index contributed by atoms with van der Waals surface area (Å²) in [6, 6.07) is 0. The summed E-state index contributed by atoms with van der Waals surface area (Å²) in [6.07, 6.45) is 0. The van der Waals surface area contributed by atoms with Crippen LogP contribution >= 0.6 is 0 Å². The molecule has 0 heterocycles. The van der Waals surface area contributed by atoms with Crippen molar-refractivity contribution < 1.29 is 35.8 Å². The van der Waals surface area contributed by atoms with E-state index in [2.05, 4.69) is 9.47 Å². The number of hydrogen-bond donors (Lipinski definition) is 0. The van der Waals surface area contributed by atoms with Crippen molar-refractivity contribution in [2.75, 3.05) is 20.1 Å². The van der Waals surface area contributed by atoms with Gasteiger partial charge in [-0.2, -0.15) is 17.6 Å². The van der Waals surface area contributed by atoms with Gasteiger partial charge >= 0.3 is 0 Å². The standard InChI is InChI=1S/C9H6F6O2/c10-1-2-16-8-4(12)6(14)9(17-3-11)7(15)5(8)13/h1-3H2. The highest BCUT2D eigenvalue weighted by molar-refractivity contribution is 5.38. The second-order valence-electron chi connectivity index (χ2n) is 2.71. The zero-order valence-corrected chi connectivity index (χ0v) is 8.21. The van der Waals surface area contributed by atoms with Crippen LogP contribution in [0.25, 0.3) is 0 Å². The lowest BCUT2D eigenvalue weighted by Crippen LogP contribution is -2.09. The molecule has 2 nitrogen and oxygen atoms in total. The van der Waals surface area contributed by atoms with Gasteiger partial charge in [0.05, 0.1) is 0 Å². The van der Waals surface area contributed by atoms with Crippen molar-refractivity contribution in [3.63, 3.8) is 0 Å². The molecule has 17 heavy (non-hydrogen) atoms. The smallest absolute Gasteiger partial charge is 0.228 e. The van der Waals surface area contributed by atoms with Crippen LogP contribution in [0.5, 0.6) is 11.5 Å². The normalized spacial score (nSPS) is 10.5. The first kappa shape index (κ1) is 13.5. The number of halogens is 6. The Hall–Kier alpha value is -1.60. The Bertz CT molecular complexity index is 380. The molecule has 0 bridgehead atoms. The maximum absolute atomic E-state index is 13.1. The third-order valence-corrected chi connectivity index (χ3v) is 1.71. The molecule has 0 atom stereocenters. The minimum atomic E-state index is -1.95. The number of hydrogen-bond acceptors (Lipinski definition) is 2. The summed E-state index contributed by atoms with van der Waals surface area (Å²) in [5.41, 5.74) is 0. The molecule has 0 saturated carbocycles. The average Bonchev–Trinajstić information content (AvgIpc) is 2.32. The van der Waals surface area contributed by atoms with Gasteiger partial charge < -0.3 is 9.47 Å². The lowest BCUT2D eigenvalue weighted by Gasteiger charge is -2.11. The van der Waals surface area contributed by atoms with Crippen LogP contribution in [0.1, 0.15) is 0 Å². The third-order valence-electron chi connectivity index (χ3n) is 1.71. The van der Waals surface area contributed by atoms with Crippen molar-refractivity contribution in [3.8, 4) is 11.5 Å². The van der Waals surface area contributed by atoms with E-state index in [1.807, 2.05) is 0 Å². The van der Waals surface area contributed by atoms with E-state index in [0.29, 0.717) is 0 Å². The molecule has 1 aromatic rings. The minimum absolute atomic E-state index is 0.782. The van der Waals surface area contributed by atoms with Crippen LogP contribution in [0.2, 0.25) is 0 Å². The van der Waals surface area contributed by atoms with Crippen molar-refractivity contribution >= 4 is 0 Å². The lowest BCUT2D eigenvalue weighted by atomic mass is 10.2. The first-order valence-corrected chi connectivity index (χ1v) is 4.28. The van der Waals surface area contributed by atoms with Crippen LogP contribution < -0.4 is 9.47 Å². The van der Waals surface area contributed by atoms with Gasteiger partial charge in [-0.1, -0.05) is 0 Å². The van der Waals surface area contributed by atoms with Crippen LogP contribution in [0, 0.1) is 23.3 Å². The molecule has 8 heteroatoms. The molecule has 0 aliphatic carbocycles. The first-order chi connectivity index (χ1) is 8.04. The van der Waals surface area contributed by atoms with Gasteiger partial charge in [0.2, 0.25) is 35.9 Å². The van der Waals surface area contributed by atoms with Crippen molar-refractivity contribution in [2.24, 2.45) is 0 Å². The summed E-state index contributed by atoms with van der Waals surface area (Å²) in [7, 11) is 0. The molecule has 0 saturated heterocycles. The van der Waals surface area contributed by atoms with E-state index < -0.39 is 54.9 Å². The maximum atomic E-state index is 13.1. The Morgan fingerprint density at radius 3 is 1.47 bits per heavy atom. The SMILES string of the molecule is FCCOc1c(F)c(F)c(OCF)c(F)c1F. The number of rotatable bonds is 5. The van der Waals surface area contributed by atoms with Crippen LogP contribution in [0.15, 0.2) is 0 Å². The molecule has 0 aliphatic heterocycles. The van der Waals surface area contributed by atoms with Crippen molar-refractivity contribution in [3.05, 3.63) is 23.3 Å². The van der Waals surface area contributed by atoms with Gasteiger partial charge in [-0.15, -0.1) is 0 Å². The van der Waals surface area contributed by atoms with Gasteiger partial charge in [-0.3, -0.25) is 0 Å². The van der Waals surface area contributed by atoms with E-state index in [0.717, 1.165) is 0 Å². The summed E-state index contributed by atoms with van der Waals surface area (Å²) in [4.78, 5) is 0. The Morgan fingerprint density at radius 2 is 1.12 bits per heavy atom. The topological polar surface area (TPSA) is 18.5 Å². The molecule has 0 spiro atoms. The molecule has 1 rings (SSSR count). The molecule has 0 aromatic heterocycles. The van der Waals surface area contributed by atoms with Gasteiger partial charge in [-0.05, 0) is 0 Å². The highest BCUT2D eigenvalue weighted by Crippen LogP contribution is 2.34. The van der Waals surface area contributed by atoms with Gasteiger partial charge in [0.15, 0.2) is 5.75 Å². The fourth-order valence-corrected chi connectivity index (χ4v) is 1.04. The zero-order chi connectivity index (χ0) is 13.0. The van der Waals surface area contributed by atoms with Crippen molar-refractivity contribution in [1.29, 1.82) is 0 Å². The highest BCUT2D eigenvalue weighted by Gasteiger charge is 2.27. The Balaban J connectivity index is 3.26. The summed E-state index contributed by atoms with van der Waals surface area (Å²) in [6.45, 7) is -3.56. The molecule has 96 valence electrons. The van der Waals surface area contributed by atoms with E-state index in [1.165, 1.54) is 0 Å². The van der Waals surface area contributed by atoms with Gasteiger partial charge in [0, 0.05) is 0 Å². The highest BCUT2D eigenvalue weighted by atomic mass is 19.2. The third kappa shape index (κ3) is 2.56. The molecule has 0 aliphatic rings. The molecule has 0 fully saturated rings. The Morgan fingerprint density at radius 1 is 0.706 bits per heavy atom. The molecule has 1 aromatic carbocycles. The van der Waals surface area contributed by atoms with E-state index >= 15 is 0 Å². The second-order valence-corrected chi connectivity index (χ2v) is 2.71. The monoisotopic (exact) mass is 260 g/mol. The molecule has 0 unspecified atom stereocenters. The Labute approximate surface area is 91.7 Å². The first-order valence-electron chi connectivity index (χ1n) is 4.28. The number of alkyl halides is 2. The molecular formula is C9H6F6O2. The average molecular weight is 260 g/mol. The molecular weight excluding hydrogens is 254 g/mol. The Kier molecular flexibility index (Phi) is 4.47. The van der Waals surface area contributed by atoms with Crippen molar-refractivity contribution in [1.82, 2.24) is 0 Å². The van der Waals surface area contributed by atoms with Gasteiger partial charge in [0.25, 0.3) is 0 Å². The van der Waals surface area contributed by atoms with Gasteiger partial charge in [-0.25, -0.2) is 8.78 Å². The fourth-order valence-electron chi connectivity index (χ4n) is 1.04. The maximum Gasteiger partial charge on any atom is 0.228 e. The van der Waals surface area contributed by atoms with E-state index in [-0.39, 0.29) is 0 Å². The number of benzene rings is 1. The summed E-state index contributed by atoms with van der Waals surface area (Å²) < 4.78 is 83.7. The predicted octanol–water partition coefficient (Wildman–Crippen LogP) is 2.90. The largest absolute Gasteiger partial charge is 0.485 e. The van der Waals surface area contributed by atoms with Crippen LogP contribution in [0.4, 0.5) is 26.3 Å². The zero-order valence-electron chi connectivity index (χ0n) is 8.21. The summed E-state index contributed by atoms with van der Waals surface area (Å²) >= 11 is 0. The van der Waals surface area contributed by atoms with Crippen LogP contribution in [-0.4, -0.2) is 20.1 Å². The minimum Gasteiger partial charge on any atom is -0.485 e. The molecule has 0 radical (unpaired) electrons. The summed E-state index contributed by atoms with van der Waals surface area (Å²) in [5, 5.41) is 0. The van der Waals surface area contributed by atoms with E-state index in [9.17, 15) is 26.3 Å². The van der Waals surface area contributed by atoms with Crippen LogP contribution in [-0.2, 0) is 0 Å². The molecule has 0 amide bonds. The quantitative estimate of drug-likeness (QED) is 0.598. The fraction of sp³-hybridized carbons (Fsp3) is 0.333. The summed E-state index contributed by atoms with van der Waals surface area (Å²) in [5.74, 6) is -10.7. The van der Waals surface area contributed by atoms with Crippen molar-refractivity contribution in [2.45, 2.75) is 0 Å². The van der Waals surface area contributed by atoms with E-state index in [4.69, 9.17) is 0 Å². The lowest BCUT2D eigenvalue weighted by molar-refractivity contribution is 0.168.